The number of aliphatic hydroxyl groups excluding tert-OH is 3. The number of hydrogen-bond acceptors (Lipinski definition) is 8. The summed E-state index contributed by atoms with van der Waals surface area (Å²) in [6.45, 7) is 0.981. The molecule has 2 rings (SSSR count). The van der Waals surface area contributed by atoms with E-state index in [-0.39, 0.29) is 5.82 Å². The van der Waals surface area contributed by atoms with Gasteiger partial charge in [0.25, 0.3) is 0 Å². The maximum Gasteiger partial charge on any atom is 0.351 e. The quantitative estimate of drug-likeness (QED) is 0.396. The Bertz CT molecular complexity index is 604. The van der Waals surface area contributed by atoms with Crippen LogP contribution in [0, 0.1) is 0 Å². The maximum absolute atomic E-state index is 12.0. The molecule has 22 heavy (non-hydrogen) atoms. The molecule has 5 unspecified atom stereocenters. The molecule has 1 aromatic heterocycles. The molecule has 10 heteroatoms. The van der Waals surface area contributed by atoms with E-state index in [2.05, 4.69) is 10.3 Å². The first-order chi connectivity index (χ1) is 10.3. The van der Waals surface area contributed by atoms with E-state index in [1.54, 1.807) is 0 Å². The highest BCUT2D eigenvalue weighted by Gasteiger charge is 2.43. The Kier molecular flexibility index (Phi) is 4.88. The Morgan fingerprint density at radius 3 is 2.73 bits per heavy atom. The minimum atomic E-state index is -1.39. The number of amides is 1. The highest BCUT2D eigenvalue weighted by molar-refractivity contribution is 5.93. The SMILES string of the molecule is CC(N)C(=O)Nc1ccn(C2OC(CO)C(O)C2O)c(=O)n1. The zero-order valence-electron chi connectivity index (χ0n) is 11.8. The average Bonchev–Trinajstić information content (AvgIpc) is 2.75. The van der Waals surface area contributed by atoms with E-state index in [0.717, 1.165) is 4.57 Å². The van der Waals surface area contributed by atoms with Gasteiger partial charge in [-0.05, 0) is 13.0 Å². The van der Waals surface area contributed by atoms with Crippen LogP contribution < -0.4 is 16.7 Å². The molecule has 1 saturated heterocycles. The van der Waals surface area contributed by atoms with Gasteiger partial charge in [-0.1, -0.05) is 0 Å². The third kappa shape index (κ3) is 3.15. The van der Waals surface area contributed by atoms with Crippen LogP contribution in [0.15, 0.2) is 17.1 Å². The van der Waals surface area contributed by atoms with Crippen LogP contribution in [0.4, 0.5) is 5.82 Å². The van der Waals surface area contributed by atoms with Crippen molar-refractivity contribution in [3.8, 4) is 0 Å². The summed E-state index contributed by atoms with van der Waals surface area (Å²) < 4.78 is 6.19. The Hall–Kier alpha value is -1.85. The van der Waals surface area contributed by atoms with Crippen molar-refractivity contribution in [3.05, 3.63) is 22.7 Å². The van der Waals surface area contributed by atoms with Crippen LogP contribution in [0.3, 0.4) is 0 Å². The van der Waals surface area contributed by atoms with E-state index in [1.165, 1.54) is 19.2 Å². The molecule has 122 valence electrons. The lowest BCUT2D eigenvalue weighted by Crippen LogP contribution is -2.37. The lowest BCUT2D eigenvalue weighted by Gasteiger charge is -2.17. The number of nitrogens with one attached hydrogen (secondary N) is 1. The second-order valence-electron chi connectivity index (χ2n) is 5.01. The number of rotatable bonds is 4. The number of nitrogens with zero attached hydrogens (tertiary/aromatic N) is 2. The van der Waals surface area contributed by atoms with Crippen molar-refractivity contribution in [1.82, 2.24) is 9.55 Å². The number of ether oxygens (including phenoxy) is 1. The molecular formula is C12H18N4O6. The molecule has 5 atom stereocenters. The second-order valence-corrected chi connectivity index (χ2v) is 5.01. The number of nitrogens with two attached hydrogens (primary N) is 1. The molecule has 6 N–H and O–H groups in total. The Balaban J connectivity index is 2.20. The fraction of sp³-hybridized carbons (Fsp3) is 0.583. The summed E-state index contributed by atoms with van der Waals surface area (Å²) in [5.74, 6) is -0.493. The summed E-state index contributed by atoms with van der Waals surface area (Å²) in [6, 6.07) is 0.570. The van der Waals surface area contributed by atoms with Crippen LogP contribution in [-0.2, 0) is 9.53 Å². The van der Waals surface area contributed by atoms with Gasteiger partial charge in [0.1, 0.15) is 24.1 Å². The third-order valence-electron chi connectivity index (χ3n) is 3.29. The number of anilines is 1. The molecule has 1 aliphatic heterocycles. The van der Waals surface area contributed by atoms with Crippen molar-refractivity contribution in [2.75, 3.05) is 11.9 Å². The molecule has 0 bridgehead atoms. The molecule has 2 heterocycles. The minimum absolute atomic E-state index is 0.00953. The van der Waals surface area contributed by atoms with E-state index < -0.39 is 48.8 Å². The first kappa shape index (κ1) is 16.5. The number of aromatic nitrogens is 2. The van der Waals surface area contributed by atoms with Crippen LogP contribution >= 0.6 is 0 Å². The van der Waals surface area contributed by atoms with Gasteiger partial charge in [-0.15, -0.1) is 0 Å². The molecule has 0 saturated carbocycles. The molecule has 1 aliphatic rings. The van der Waals surface area contributed by atoms with Gasteiger partial charge in [-0.2, -0.15) is 4.98 Å². The molecule has 0 spiro atoms. The van der Waals surface area contributed by atoms with Crippen molar-refractivity contribution in [1.29, 1.82) is 0 Å². The Morgan fingerprint density at radius 1 is 1.55 bits per heavy atom. The molecule has 1 aromatic rings. The predicted octanol–water partition coefficient (Wildman–Crippen LogP) is -2.86. The van der Waals surface area contributed by atoms with Gasteiger partial charge in [-0.3, -0.25) is 9.36 Å². The molecule has 0 radical (unpaired) electrons. The summed E-state index contributed by atoms with van der Waals surface area (Å²) in [7, 11) is 0. The fourth-order valence-corrected chi connectivity index (χ4v) is 2.03. The summed E-state index contributed by atoms with van der Waals surface area (Å²) in [5.41, 5.74) is 4.59. The topological polar surface area (TPSA) is 160 Å². The van der Waals surface area contributed by atoms with Crippen LogP contribution in [0.1, 0.15) is 13.2 Å². The molecule has 1 amide bonds. The smallest absolute Gasteiger partial charge is 0.351 e. The average molecular weight is 314 g/mol. The van der Waals surface area contributed by atoms with Crippen molar-refractivity contribution in [3.63, 3.8) is 0 Å². The standard InChI is InChI=1S/C12H18N4O6/c1-5(13)10(20)14-7-2-3-16(12(21)15-7)11-9(19)8(18)6(4-17)22-11/h2-3,5-6,8-9,11,17-19H,4,13H2,1H3,(H,14,15,20,21). The number of carbonyl (C=O) groups is 1. The minimum Gasteiger partial charge on any atom is -0.394 e. The van der Waals surface area contributed by atoms with E-state index >= 15 is 0 Å². The van der Waals surface area contributed by atoms with Gasteiger partial charge in [0.2, 0.25) is 5.91 Å². The third-order valence-corrected chi connectivity index (χ3v) is 3.29. The largest absolute Gasteiger partial charge is 0.394 e. The zero-order valence-corrected chi connectivity index (χ0v) is 11.8. The van der Waals surface area contributed by atoms with Gasteiger partial charge in [-0.25, -0.2) is 4.79 Å². The van der Waals surface area contributed by atoms with Crippen molar-refractivity contribution in [2.24, 2.45) is 5.73 Å². The van der Waals surface area contributed by atoms with Gasteiger partial charge >= 0.3 is 5.69 Å². The molecule has 0 aromatic carbocycles. The monoisotopic (exact) mass is 314 g/mol. The van der Waals surface area contributed by atoms with Gasteiger partial charge in [0.15, 0.2) is 6.23 Å². The molecule has 0 aliphatic carbocycles. The fourth-order valence-electron chi connectivity index (χ4n) is 2.03. The Labute approximate surface area is 125 Å². The van der Waals surface area contributed by atoms with Crippen LogP contribution in [0.25, 0.3) is 0 Å². The molecule has 10 nitrogen and oxygen atoms in total. The van der Waals surface area contributed by atoms with Gasteiger partial charge in [0.05, 0.1) is 12.6 Å². The summed E-state index contributed by atoms with van der Waals surface area (Å²) in [6.07, 6.45) is -3.62. The van der Waals surface area contributed by atoms with Crippen LogP contribution in [0.5, 0.6) is 0 Å². The Morgan fingerprint density at radius 2 is 2.23 bits per heavy atom. The normalized spacial score (nSPS) is 29.3. The zero-order chi connectivity index (χ0) is 16.4. The highest BCUT2D eigenvalue weighted by Crippen LogP contribution is 2.28. The van der Waals surface area contributed by atoms with E-state index in [9.17, 15) is 19.8 Å². The number of aliphatic hydroxyl groups is 3. The van der Waals surface area contributed by atoms with Crippen molar-refractivity contribution >= 4 is 11.7 Å². The van der Waals surface area contributed by atoms with Crippen molar-refractivity contribution < 1.29 is 24.9 Å². The first-order valence-corrected chi connectivity index (χ1v) is 6.63. The molecule has 1 fully saturated rings. The number of hydrogen-bond donors (Lipinski definition) is 5. The van der Waals surface area contributed by atoms with Crippen LogP contribution in [-0.4, -0.2) is 61.7 Å². The van der Waals surface area contributed by atoms with E-state index in [4.69, 9.17) is 15.6 Å². The predicted molar refractivity (Wildman–Crippen MR) is 73.8 cm³/mol. The highest BCUT2D eigenvalue weighted by atomic mass is 16.6. The van der Waals surface area contributed by atoms with E-state index in [1.807, 2.05) is 0 Å². The maximum atomic E-state index is 12.0. The number of carbonyl (C=O) groups excluding carboxylic acids is 1. The molecular weight excluding hydrogens is 296 g/mol. The lowest BCUT2D eigenvalue weighted by atomic mass is 10.1. The summed E-state index contributed by atoms with van der Waals surface area (Å²) in [4.78, 5) is 27.0. The first-order valence-electron chi connectivity index (χ1n) is 6.63. The van der Waals surface area contributed by atoms with Gasteiger partial charge < -0.3 is 31.1 Å². The van der Waals surface area contributed by atoms with Gasteiger partial charge in [0, 0.05) is 6.20 Å². The van der Waals surface area contributed by atoms with Crippen LogP contribution in [0.2, 0.25) is 0 Å². The lowest BCUT2D eigenvalue weighted by molar-refractivity contribution is -0.117. The summed E-state index contributed by atoms with van der Waals surface area (Å²) in [5, 5.41) is 30.9. The second kappa shape index (κ2) is 6.50. The van der Waals surface area contributed by atoms with E-state index in [0.29, 0.717) is 0 Å². The van der Waals surface area contributed by atoms with Crippen molar-refractivity contribution in [2.45, 2.75) is 37.5 Å². The summed E-state index contributed by atoms with van der Waals surface area (Å²) >= 11 is 0.